The predicted molar refractivity (Wildman–Crippen MR) is 86.0 cm³/mol. The summed E-state index contributed by atoms with van der Waals surface area (Å²) in [6, 6.07) is 0. The van der Waals surface area contributed by atoms with Gasteiger partial charge in [-0.2, -0.15) is 5.10 Å². The minimum Gasteiger partial charge on any atom is -0.379 e. The quantitative estimate of drug-likeness (QED) is 0.861. The van der Waals surface area contributed by atoms with E-state index in [1.54, 1.807) is 10.9 Å². The molecule has 5 heteroatoms. The average Bonchev–Trinajstić information content (AvgIpc) is 2.35. The molecule has 1 heterocycles. The fraction of sp³-hybridized carbons (Fsp3) is 0.733. The highest BCUT2D eigenvalue weighted by molar-refractivity contribution is 9.10. The summed E-state index contributed by atoms with van der Waals surface area (Å²) in [4.78, 5) is 12.5. The lowest BCUT2D eigenvalue weighted by atomic mass is 9.85. The van der Waals surface area contributed by atoms with E-state index in [1.807, 2.05) is 0 Å². The molecule has 20 heavy (non-hydrogen) atoms. The average molecular weight is 342 g/mol. The van der Waals surface area contributed by atoms with Gasteiger partial charge in [0, 0.05) is 13.1 Å². The lowest BCUT2D eigenvalue weighted by Gasteiger charge is -2.25. The van der Waals surface area contributed by atoms with Crippen LogP contribution in [-0.2, 0) is 6.54 Å². The van der Waals surface area contributed by atoms with Gasteiger partial charge < -0.3 is 5.32 Å². The van der Waals surface area contributed by atoms with Crippen LogP contribution in [0.25, 0.3) is 0 Å². The Kier molecular flexibility index (Phi) is 5.24. The molecule has 0 bridgehead atoms. The summed E-state index contributed by atoms with van der Waals surface area (Å²) in [6.07, 6.45) is 5.45. The van der Waals surface area contributed by atoms with Gasteiger partial charge in [-0.15, -0.1) is 0 Å². The molecule has 0 radical (unpaired) electrons. The van der Waals surface area contributed by atoms with Crippen LogP contribution in [0.4, 0.5) is 5.69 Å². The Morgan fingerprint density at radius 3 is 2.70 bits per heavy atom. The van der Waals surface area contributed by atoms with Gasteiger partial charge >= 0.3 is 0 Å². The molecule has 0 aromatic carbocycles. The molecule has 1 unspecified atom stereocenters. The van der Waals surface area contributed by atoms with Gasteiger partial charge in [0.05, 0.1) is 10.7 Å². The third-order valence-corrected chi connectivity index (χ3v) is 4.99. The van der Waals surface area contributed by atoms with Crippen LogP contribution in [0, 0.1) is 17.8 Å². The minimum absolute atomic E-state index is 0.0118. The van der Waals surface area contributed by atoms with Gasteiger partial charge in [0.25, 0.3) is 5.56 Å². The minimum atomic E-state index is -0.0118. The maximum absolute atomic E-state index is 12.5. The zero-order chi connectivity index (χ0) is 14.7. The molecule has 4 nitrogen and oxygen atoms in total. The number of nitrogens with one attached hydrogen (secondary N) is 1. The molecular weight excluding hydrogens is 318 g/mol. The van der Waals surface area contributed by atoms with E-state index in [9.17, 15) is 4.79 Å². The van der Waals surface area contributed by atoms with Crippen molar-refractivity contribution >= 4 is 21.6 Å². The molecule has 1 N–H and O–H groups in total. The highest BCUT2D eigenvalue weighted by atomic mass is 79.9. The van der Waals surface area contributed by atoms with Gasteiger partial charge in [-0.1, -0.05) is 27.2 Å². The fourth-order valence-corrected chi connectivity index (χ4v) is 2.58. The Bertz CT molecular complexity index is 508. The molecule has 1 fully saturated rings. The van der Waals surface area contributed by atoms with Crippen molar-refractivity contribution in [2.24, 2.45) is 17.8 Å². The normalized spacial score (nSPS) is 17.1. The third-order valence-electron chi connectivity index (χ3n) is 4.39. The Morgan fingerprint density at radius 2 is 2.15 bits per heavy atom. The van der Waals surface area contributed by atoms with E-state index in [0.717, 1.165) is 17.6 Å². The van der Waals surface area contributed by atoms with Gasteiger partial charge in [0.15, 0.2) is 0 Å². The van der Waals surface area contributed by atoms with E-state index in [1.165, 1.54) is 19.3 Å². The summed E-state index contributed by atoms with van der Waals surface area (Å²) in [5.74, 6) is 1.75. The maximum Gasteiger partial charge on any atom is 0.291 e. The van der Waals surface area contributed by atoms with Crippen molar-refractivity contribution < 1.29 is 0 Å². The van der Waals surface area contributed by atoms with Crippen molar-refractivity contribution in [3.8, 4) is 0 Å². The summed E-state index contributed by atoms with van der Waals surface area (Å²) < 4.78 is 2.36. The van der Waals surface area contributed by atoms with Gasteiger partial charge in [0.1, 0.15) is 5.69 Å². The molecule has 112 valence electrons. The van der Waals surface area contributed by atoms with Gasteiger partial charge in [0.2, 0.25) is 0 Å². The number of nitrogens with zero attached hydrogens (tertiary/aromatic N) is 2. The second-order valence-corrected chi connectivity index (χ2v) is 7.11. The van der Waals surface area contributed by atoms with Crippen LogP contribution in [0.15, 0.2) is 15.5 Å². The lowest BCUT2D eigenvalue weighted by Crippen LogP contribution is -2.31. The number of hydrogen-bond donors (Lipinski definition) is 1. The van der Waals surface area contributed by atoms with Crippen LogP contribution in [0.5, 0.6) is 0 Å². The van der Waals surface area contributed by atoms with Crippen molar-refractivity contribution in [3.05, 3.63) is 21.0 Å². The van der Waals surface area contributed by atoms with Gasteiger partial charge in [-0.3, -0.25) is 4.79 Å². The first-order chi connectivity index (χ1) is 9.49. The number of rotatable bonds is 6. The lowest BCUT2D eigenvalue weighted by molar-refractivity contribution is 0.262. The predicted octanol–water partition coefficient (Wildman–Crippen LogP) is 3.51. The molecule has 1 aromatic rings. The van der Waals surface area contributed by atoms with Crippen LogP contribution in [0.3, 0.4) is 0 Å². The van der Waals surface area contributed by atoms with Gasteiger partial charge in [-0.25, -0.2) is 4.68 Å². The van der Waals surface area contributed by atoms with Crippen molar-refractivity contribution in [2.45, 2.75) is 46.6 Å². The second kappa shape index (κ2) is 6.74. The van der Waals surface area contributed by atoms with E-state index in [-0.39, 0.29) is 5.56 Å². The standard InChI is InChI=1S/C15H24BrN3O/c1-10(2)11(3)7-17-14-13(16)8-18-19(15(14)20)9-12-5-4-6-12/h8,10-12,17H,4-7,9H2,1-3H3. The van der Waals surface area contributed by atoms with Gasteiger partial charge in [-0.05, 0) is 46.5 Å². The summed E-state index contributed by atoms with van der Waals surface area (Å²) in [5.41, 5.74) is 0.633. The Hall–Kier alpha value is -0.840. The van der Waals surface area contributed by atoms with Crippen LogP contribution >= 0.6 is 15.9 Å². The summed E-state index contributed by atoms with van der Waals surface area (Å²) >= 11 is 3.43. The molecule has 0 aliphatic heterocycles. The molecule has 1 saturated carbocycles. The van der Waals surface area contributed by atoms with E-state index in [4.69, 9.17) is 0 Å². The molecule has 1 aliphatic rings. The molecule has 1 atom stereocenters. The molecule has 1 aliphatic carbocycles. The second-order valence-electron chi connectivity index (χ2n) is 6.25. The Balaban J connectivity index is 2.10. The largest absolute Gasteiger partial charge is 0.379 e. The van der Waals surface area contributed by atoms with Crippen molar-refractivity contribution in [1.29, 1.82) is 0 Å². The molecule has 0 spiro atoms. The number of anilines is 1. The van der Waals surface area contributed by atoms with Crippen LogP contribution in [-0.4, -0.2) is 16.3 Å². The highest BCUT2D eigenvalue weighted by Gasteiger charge is 2.20. The molecule has 1 aromatic heterocycles. The SMILES string of the molecule is CC(C)C(C)CNc1c(Br)cnn(CC2CCC2)c1=O. The fourth-order valence-electron chi connectivity index (χ4n) is 2.18. The zero-order valence-electron chi connectivity index (χ0n) is 12.5. The first kappa shape index (κ1) is 15.5. The smallest absolute Gasteiger partial charge is 0.291 e. The molecule has 0 saturated heterocycles. The summed E-state index contributed by atoms with van der Waals surface area (Å²) in [7, 11) is 0. The molecular formula is C15H24BrN3O. The van der Waals surface area contributed by atoms with E-state index < -0.39 is 0 Å². The maximum atomic E-state index is 12.5. The van der Waals surface area contributed by atoms with Crippen LogP contribution < -0.4 is 10.9 Å². The Labute approximate surface area is 129 Å². The first-order valence-electron chi connectivity index (χ1n) is 7.48. The van der Waals surface area contributed by atoms with Crippen LogP contribution in [0.1, 0.15) is 40.0 Å². The zero-order valence-corrected chi connectivity index (χ0v) is 14.1. The topological polar surface area (TPSA) is 46.9 Å². The highest BCUT2D eigenvalue weighted by Crippen LogP contribution is 2.27. The first-order valence-corrected chi connectivity index (χ1v) is 8.27. The van der Waals surface area contributed by atoms with E-state index in [0.29, 0.717) is 23.4 Å². The molecule has 2 rings (SSSR count). The van der Waals surface area contributed by atoms with Crippen molar-refractivity contribution in [1.82, 2.24) is 9.78 Å². The summed E-state index contributed by atoms with van der Waals surface area (Å²) in [5, 5.41) is 7.53. The van der Waals surface area contributed by atoms with Crippen LogP contribution in [0.2, 0.25) is 0 Å². The number of halogens is 1. The third kappa shape index (κ3) is 3.62. The van der Waals surface area contributed by atoms with E-state index in [2.05, 4.69) is 47.1 Å². The van der Waals surface area contributed by atoms with Crippen molar-refractivity contribution in [2.75, 3.05) is 11.9 Å². The monoisotopic (exact) mass is 341 g/mol. The number of aromatic nitrogens is 2. The summed E-state index contributed by atoms with van der Waals surface area (Å²) in [6.45, 7) is 8.14. The molecule has 0 amide bonds. The van der Waals surface area contributed by atoms with E-state index >= 15 is 0 Å². The number of hydrogen-bond acceptors (Lipinski definition) is 3. The Morgan fingerprint density at radius 1 is 1.45 bits per heavy atom. The van der Waals surface area contributed by atoms with Crippen molar-refractivity contribution in [3.63, 3.8) is 0 Å².